The lowest BCUT2D eigenvalue weighted by Crippen LogP contribution is -2.45. The number of rotatable bonds is 25. The largest absolute Gasteiger partial charge is 0.507 e. The molecule has 0 aliphatic heterocycles. The fourth-order valence-electron chi connectivity index (χ4n) is 6.98. The summed E-state index contributed by atoms with van der Waals surface area (Å²) in [7, 11) is -2.73. The summed E-state index contributed by atoms with van der Waals surface area (Å²) >= 11 is 0. The van der Waals surface area contributed by atoms with Crippen LogP contribution in [0, 0.1) is 0 Å². The summed E-state index contributed by atoms with van der Waals surface area (Å²) in [5, 5.41) is 11.3. The summed E-state index contributed by atoms with van der Waals surface area (Å²) in [6, 6.07) is 41.5. The number of phenols is 1. The second-order valence-electron chi connectivity index (χ2n) is 14.8. The van der Waals surface area contributed by atoms with E-state index in [0.29, 0.717) is 49.5 Å². The van der Waals surface area contributed by atoms with Crippen LogP contribution in [0.1, 0.15) is 47.0 Å². The van der Waals surface area contributed by atoms with Crippen molar-refractivity contribution in [2.75, 3.05) is 46.2 Å². The molecule has 0 saturated carbocycles. The molecule has 5 aromatic carbocycles. The molecule has 0 radical (unpaired) electrons. The molecule has 1 heterocycles. The van der Waals surface area contributed by atoms with Crippen LogP contribution in [0.25, 0.3) is 56.4 Å². The number of benzene rings is 5. The topological polar surface area (TPSA) is 158 Å². The number of hydrogen-bond donors (Lipinski definition) is 1. The summed E-state index contributed by atoms with van der Waals surface area (Å²) in [5.74, 6) is 0.301. The Bertz CT molecular complexity index is 2290. The van der Waals surface area contributed by atoms with Crippen molar-refractivity contribution >= 4 is 20.7 Å². The third kappa shape index (κ3) is 14.1. The second-order valence-corrected chi connectivity index (χ2v) is 17.6. The standard InChI is InChI=1S/C51H57N3O10Si/c1-5-61-65(62-6-2,63-7-3)35-15-14-20-47(56)59-33-31-58-32-34-60-51(57)37(4)64-44-29-30-45(46(55)36-44)50-53-48(42-25-21-40(22-26-42)38-16-10-8-11-17-38)52-49(54-50)43-27-23-41(24-28-43)39-18-12-9-13-19-39/h8-13,16-19,21-30,36-37,55H,5-7,14-15,20,31-35H2,1-4H3. The molecule has 6 rings (SSSR count). The van der Waals surface area contributed by atoms with Crippen LogP contribution in [0.3, 0.4) is 0 Å². The van der Waals surface area contributed by atoms with Crippen molar-refractivity contribution in [1.82, 2.24) is 15.0 Å². The monoisotopic (exact) mass is 899 g/mol. The molecular weight excluding hydrogens is 843 g/mol. The number of ether oxygens (including phenoxy) is 4. The fraction of sp³-hybridized carbons (Fsp3) is 0.314. The highest BCUT2D eigenvalue weighted by atomic mass is 28.4. The van der Waals surface area contributed by atoms with Gasteiger partial charge in [0.2, 0.25) is 0 Å². The zero-order valence-electron chi connectivity index (χ0n) is 37.4. The molecule has 14 heteroatoms. The zero-order chi connectivity index (χ0) is 45.9. The zero-order valence-corrected chi connectivity index (χ0v) is 38.4. The van der Waals surface area contributed by atoms with Crippen LogP contribution < -0.4 is 4.74 Å². The summed E-state index contributed by atoms with van der Waals surface area (Å²) in [6.07, 6.45) is 0.621. The molecule has 1 atom stereocenters. The van der Waals surface area contributed by atoms with Gasteiger partial charge in [-0.2, -0.15) is 0 Å². The first-order valence-electron chi connectivity index (χ1n) is 22.1. The van der Waals surface area contributed by atoms with Crippen LogP contribution >= 0.6 is 0 Å². The van der Waals surface area contributed by atoms with Gasteiger partial charge in [0.15, 0.2) is 23.6 Å². The lowest BCUT2D eigenvalue weighted by Gasteiger charge is -2.28. The average molecular weight is 900 g/mol. The van der Waals surface area contributed by atoms with Crippen molar-refractivity contribution in [3.8, 4) is 67.9 Å². The molecule has 0 aliphatic carbocycles. The van der Waals surface area contributed by atoms with Gasteiger partial charge in [-0.15, -0.1) is 0 Å². The first-order valence-corrected chi connectivity index (χ1v) is 24.0. The Kier molecular flexibility index (Phi) is 18.3. The molecule has 1 N–H and O–H groups in total. The molecule has 0 fully saturated rings. The van der Waals surface area contributed by atoms with Gasteiger partial charge in [-0.3, -0.25) is 4.79 Å². The first-order chi connectivity index (χ1) is 31.7. The van der Waals surface area contributed by atoms with Gasteiger partial charge in [0.1, 0.15) is 24.7 Å². The fourth-order valence-corrected chi connectivity index (χ4v) is 9.67. The van der Waals surface area contributed by atoms with Gasteiger partial charge in [-0.25, -0.2) is 19.7 Å². The molecule has 65 heavy (non-hydrogen) atoms. The lowest BCUT2D eigenvalue weighted by molar-refractivity contribution is -0.153. The molecule has 0 spiro atoms. The van der Waals surface area contributed by atoms with Crippen LogP contribution in [-0.2, 0) is 37.1 Å². The number of aromatic nitrogens is 3. The maximum absolute atomic E-state index is 12.8. The van der Waals surface area contributed by atoms with Gasteiger partial charge in [-0.1, -0.05) is 109 Å². The van der Waals surface area contributed by atoms with E-state index >= 15 is 0 Å². The van der Waals surface area contributed by atoms with Crippen LogP contribution in [0.15, 0.2) is 127 Å². The van der Waals surface area contributed by atoms with E-state index in [1.54, 1.807) is 19.1 Å². The van der Waals surface area contributed by atoms with E-state index in [0.717, 1.165) is 39.8 Å². The number of esters is 2. The summed E-state index contributed by atoms with van der Waals surface area (Å²) in [5.41, 5.74) is 6.21. The number of phenolic OH excluding ortho intramolecular Hbond substituents is 1. The highest BCUT2D eigenvalue weighted by Crippen LogP contribution is 2.34. The van der Waals surface area contributed by atoms with E-state index in [2.05, 4.69) is 24.3 Å². The van der Waals surface area contributed by atoms with E-state index in [1.807, 2.05) is 106 Å². The van der Waals surface area contributed by atoms with E-state index in [9.17, 15) is 14.7 Å². The van der Waals surface area contributed by atoms with Crippen LogP contribution in [-0.4, -0.2) is 93.2 Å². The average Bonchev–Trinajstić information content (AvgIpc) is 3.33. The van der Waals surface area contributed by atoms with Gasteiger partial charge >= 0.3 is 20.7 Å². The number of hydrogen-bond acceptors (Lipinski definition) is 13. The molecule has 0 amide bonds. The third-order valence-electron chi connectivity index (χ3n) is 10.2. The van der Waals surface area contributed by atoms with Crippen molar-refractivity contribution in [3.05, 3.63) is 127 Å². The maximum Gasteiger partial charge on any atom is 0.500 e. The predicted molar refractivity (Wildman–Crippen MR) is 251 cm³/mol. The minimum Gasteiger partial charge on any atom is -0.507 e. The minimum absolute atomic E-state index is 0.0240. The number of carbonyl (C=O) groups is 2. The van der Waals surface area contributed by atoms with Gasteiger partial charge in [-0.05, 0) is 74.9 Å². The highest BCUT2D eigenvalue weighted by molar-refractivity contribution is 6.60. The van der Waals surface area contributed by atoms with Crippen molar-refractivity contribution in [2.24, 2.45) is 0 Å². The molecule has 6 aromatic rings. The van der Waals surface area contributed by atoms with E-state index in [1.165, 1.54) is 6.07 Å². The Hall–Kier alpha value is -6.29. The first kappa shape index (κ1) is 48.2. The number of nitrogens with zero attached hydrogens (tertiary/aromatic N) is 3. The Morgan fingerprint density at radius 3 is 1.55 bits per heavy atom. The van der Waals surface area contributed by atoms with Crippen LogP contribution in [0.5, 0.6) is 11.5 Å². The van der Waals surface area contributed by atoms with Crippen molar-refractivity contribution in [1.29, 1.82) is 0 Å². The Morgan fingerprint density at radius 1 is 0.569 bits per heavy atom. The molecule has 0 bridgehead atoms. The smallest absolute Gasteiger partial charge is 0.500 e. The quantitative estimate of drug-likeness (QED) is 0.0329. The SMILES string of the molecule is CCO[Si](CCCCC(=O)OCCOCCOC(=O)C(C)Oc1ccc(-c2nc(-c3ccc(-c4ccccc4)cc3)nc(-c3ccc(-c4ccccc4)cc3)n2)c(O)c1)(OCC)OCC. The third-order valence-corrected chi connectivity index (χ3v) is 13.3. The van der Waals surface area contributed by atoms with Crippen molar-refractivity contribution in [3.63, 3.8) is 0 Å². The van der Waals surface area contributed by atoms with Crippen LogP contribution in [0.2, 0.25) is 6.04 Å². The molecule has 13 nitrogen and oxygen atoms in total. The Morgan fingerprint density at radius 2 is 1.05 bits per heavy atom. The normalized spacial score (nSPS) is 11.8. The van der Waals surface area contributed by atoms with E-state index in [-0.39, 0.29) is 56.1 Å². The number of unbranched alkanes of at least 4 members (excludes halogenated alkanes) is 1. The van der Waals surface area contributed by atoms with Gasteiger partial charge in [0.25, 0.3) is 0 Å². The molecule has 340 valence electrons. The maximum atomic E-state index is 12.8. The number of carbonyl (C=O) groups excluding carboxylic acids is 2. The van der Waals surface area contributed by atoms with Crippen LogP contribution in [0.4, 0.5) is 0 Å². The second kappa shape index (κ2) is 24.7. The Balaban J connectivity index is 1.01. The molecule has 0 saturated heterocycles. The van der Waals surface area contributed by atoms with Gasteiger partial charge in [0.05, 0.1) is 18.8 Å². The summed E-state index contributed by atoms with van der Waals surface area (Å²) in [6.45, 7) is 9.14. The van der Waals surface area contributed by atoms with Crippen molar-refractivity contribution < 1.29 is 46.9 Å². The Labute approximate surface area is 382 Å². The molecule has 1 unspecified atom stereocenters. The minimum atomic E-state index is -2.73. The van der Waals surface area contributed by atoms with Gasteiger partial charge < -0.3 is 37.3 Å². The highest BCUT2D eigenvalue weighted by Gasteiger charge is 2.39. The molecular formula is C51H57N3O10Si. The number of aromatic hydroxyl groups is 1. The molecule has 0 aliphatic rings. The van der Waals surface area contributed by atoms with E-state index in [4.69, 9.17) is 47.2 Å². The summed E-state index contributed by atoms with van der Waals surface area (Å²) < 4.78 is 39.5. The lowest BCUT2D eigenvalue weighted by atomic mass is 10.0. The molecule has 1 aromatic heterocycles. The van der Waals surface area contributed by atoms with Gasteiger partial charge in [0, 0.05) is 49.5 Å². The van der Waals surface area contributed by atoms with E-state index < -0.39 is 20.9 Å². The predicted octanol–water partition coefficient (Wildman–Crippen LogP) is 10.0. The summed E-state index contributed by atoms with van der Waals surface area (Å²) in [4.78, 5) is 39.5. The van der Waals surface area contributed by atoms with Crippen molar-refractivity contribution in [2.45, 2.75) is 59.1 Å².